The maximum absolute atomic E-state index is 12.6. The Labute approximate surface area is 219 Å². The van der Waals surface area contributed by atoms with E-state index in [1.165, 1.54) is 6.07 Å². The first-order valence-electron chi connectivity index (χ1n) is 11.8. The van der Waals surface area contributed by atoms with E-state index in [4.69, 9.17) is 14.9 Å². The van der Waals surface area contributed by atoms with Crippen LogP contribution in [0.2, 0.25) is 0 Å². The van der Waals surface area contributed by atoms with Gasteiger partial charge >= 0.3 is 18.0 Å². The summed E-state index contributed by atoms with van der Waals surface area (Å²) in [5, 5.41) is 26.2. The van der Waals surface area contributed by atoms with Crippen LogP contribution in [0.5, 0.6) is 5.75 Å². The lowest BCUT2D eigenvalue weighted by molar-refractivity contribution is -0.139. The average Bonchev–Trinajstić information content (AvgIpc) is 2.85. The number of carbonyl (C=O) groups is 4. The predicted molar refractivity (Wildman–Crippen MR) is 143 cm³/mol. The first-order chi connectivity index (χ1) is 18.1. The number of carbonyl (C=O) groups excluding carboxylic acids is 2. The Balaban J connectivity index is 1.58. The Morgan fingerprint density at radius 2 is 1.45 bits per heavy atom. The maximum Gasteiger partial charge on any atom is 0.341 e. The van der Waals surface area contributed by atoms with Crippen LogP contribution in [-0.4, -0.2) is 40.7 Å². The number of ether oxygens (including phenoxy) is 1. The van der Waals surface area contributed by atoms with Gasteiger partial charge in [0.1, 0.15) is 5.75 Å². The summed E-state index contributed by atoms with van der Waals surface area (Å²) in [7, 11) is 0. The molecule has 5 N–H and O–H groups in total. The molecule has 38 heavy (non-hydrogen) atoms. The van der Waals surface area contributed by atoms with Crippen molar-refractivity contribution in [3.63, 3.8) is 0 Å². The van der Waals surface area contributed by atoms with Crippen LogP contribution < -0.4 is 20.7 Å². The van der Waals surface area contributed by atoms with Gasteiger partial charge in [-0.2, -0.15) is 0 Å². The number of anilines is 3. The standard InChI is InChI=1S/C28H29N3O7/c1-17-4-3-5-18(2)27(17)31-28(37)30-21-9-6-19(7-10-21)14-24(32)29-22-11-12-23(38-16-26(35)36)20(15-22)8-13-25(33)34/h3-7,9-12,15H,8,13-14,16H2,1-2H3,(H,29,32)(H,33,34)(H,35,36)(H2,30,31,37). The van der Waals surface area contributed by atoms with Crippen molar-refractivity contribution < 1.29 is 34.1 Å². The highest BCUT2D eigenvalue weighted by Gasteiger charge is 2.12. The number of amides is 3. The van der Waals surface area contributed by atoms with E-state index < -0.39 is 18.5 Å². The maximum atomic E-state index is 12.6. The molecular formula is C28H29N3O7. The monoisotopic (exact) mass is 519 g/mol. The van der Waals surface area contributed by atoms with E-state index in [-0.39, 0.29) is 37.0 Å². The summed E-state index contributed by atoms with van der Waals surface area (Å²) >= 11 is 0. The smallest absolute Gasteiger partial charge is 0.341 e. The van der Waals surface area contributed by atoms with Gasteiger partial charge in [0.25, 0.3) is 0 Å². The zero-order valence-electron chi connectivity index (χ0n) is 21.0. The molecule has 0 aliphatic heterocycles. The Morgan fingerprint density at radius 3 is 2.08 bits per heavy atom. The minimum absolute atomic E-state index is 0.0661. The number of benzene rings is 3. The fourth-order valence-corrected chi connectivity index (χ4v) is 3.76. The summed E-state index contributed by atoms with van der Waals surface area (Å²) in [4.78, 5) is 46.8. The molecule has 0 bridgehead atoms. The summed E-state index contributed by atoms with van der Waals surface area (Å²) in [6, 6.07) is 16.9. The van der Waals surface area contributed by atoms with Gasteiger partial charge in [-0.3, -0.25) is 9.59 Å². The molecular weight excluding hydrogens is 490 g/mol. The fraction of sp³-hybridized carbons (Fsp3) is 0.214. The zero-order valence-corrected chi connectivity index (χ0v) is 21.0. The molecule has 0 radical (unpaired) electrons. The highest BCUT2D eigenvalue weighted by molar-refractivity contribution is 6.00. The number of hydrogen-bond acceptors (Lipinski definition) is 5. The van der Waals surface area contributed by atoms with Gasteiger partial charge in [-0.05, 0) is 72.9 Å². The molecule has 0 saturated heterocycles. The van der Waals surface area contributed by atoms with Gasteiger partial charge in [-0.1, -0.05) is 30.3 Å². The van der Waals surface area contributed by atoms with Crippen molar-refractivity contribution in [2.24, 2.45) is 0 Å². The predicted octanol–water partition coefficient (Wildman–Crippen LogP) is 4.61. The second kappa shape index (κ2) is 12.9. The molecule has 10 nitrogen and oxygen atoms in total. The molecule has 0 saturated carbocycles. The van der Waals surface area contributed by atoms with E-state index in [0.29, 0.717) is 16.9 Å². The third-order valence-corrected chi connectivity index (χ3v) is 5.60. The molecule has 3 aromatic carbocycles. The third kappa shape index (κ3) is 8.37. The Hall–Kier alpha value is -4.86. The minimum atomic E-state index is -1.16. The van der Waals surface area contributed by atoms with Crippen LogP contribution in [0.25, 0.3) is 0 Å². The van der Waals surface area contributed by atoms with Crippen LogP contribution in [0.4, 0.5) is 21.9 Å². The Bertz CT molecular complexity index is 1320. The van der Waals surface area contributed by atoms with Crippen molar-refractivity contribution in [1.82, 2.24) is 0 Å². The third-order valence-electron chi connectivity index (χ3n) is 5.60. The minimum Gasteiger partial charge on any atom is -0.482 e. The van der Waals surface area contributed by atoms with Gasteiger partial charge in [0, 0.05) is 23.5 Å². The number of aliphatic carboxylic acids is 2. The number of carboxylic acids is 2. The molecule has 3 rings (SSSR count). The van der Waals surface area contributed by atoms with Crippen molar-refractivity contribution in [2.45, 2.75) is 33.1 Å². The van der Waals surface area contributed by atoms with Crippen molar-refractivity contribution in [3.05, 3.63) is 82.9 Å². The number of aryl methyl sites for hydroxylation is 3. The van der Waals surface area contributed by atoms with Crippen molar-refractivity contribution in [2.75, 3.05) is 22.6 Å². The molecule has 3 aromatic rings. The molecule has 0 aliphatic rings. The van der Waals surface area contributed by atoms with E-state index in [1.54, 1.807) is 36.4 Å². The number of rotatable bonds is 11. The average molecular weight is 520 g/mol. The number of hydrogen-bond donors (Lipinski definition) is 5. The van der Waals surface area contributed by atoms with Gasteiger partial charge in [0.05, 0.1) is 6.42 Å². The van der Waals surface area contributed by atoms with E-state index in [9.17, 15) is 19.2 Å². The second-order valence-corrected chi connectivity index (χ2v) is 8.67. The van der Waals surface area contributed by atoms with Gasteiger partial charge in [-0.15, -0.1) is 0 Å². The molecule has 0 spiro atoms. The summed E-state index contributed by atoms with van der Waals surface area (Å²) in [5.41, 5.74) is 4.86. The first-order valence-corrected chi connectivity index (χ1v) is 11.8. The van der Waals surface area contributed by atoms with Gasteiger partial charge < -0.3 is 30.9 Å². The number of carboxylic acid groups (broad SMARTS) is 2. The first kappa shape index (κ1) is 27.7. The normalized spacial score (nSPS) is 10.4. The second-order valence-electron chi connectivity index (χ2n) is 8.67. The molecule has 198 valence electrons. The summed E-state index contributed by atoms with van der Waals surface area (Å²) in [6.07, 6.45) is -0.000147. The molecule has 0 aromatic heterocycles. The number of nitrogens with one attached hydrogen (secondary N) is 3. The zero-order chi connectivity index (χ0) is 27.7. The summed E-state index contributed by atoms with van der Waals surface area (Å²) < 4.78 is 5.23. The molecule has 0 aliphatic carbocycles. The highest BCUT2D eigenvalue weighted by Crippen LogP contribution is 2.25. The van der Waals surface area contributed by atoms with Crippen molar-refractivity contribution in [1.29, 1.82) is 0 Å². The van der Waals surface area contributed by atoms with Crippen LogP contribution in [0.3, 0.4) is 0 Å². The SMILES string of the molecule is Cc1cccc(C)c1NC(=O)Nc1ccc(CC(=O)Nc2ccc(OCC(=O)O)c(CCC(=O)O)c2)cc1. The molecule has 0 heterocycles. The van der Waals surface area contributed by atoms with E-state index in [0.717, 1.165) is 22.4 Å². The van der Waals surface area contributed by atoms with Crippen molar-refractivity contribution in [3.8, 4) is 5.75 Å². The van der Waals surface area contributed by atoms with Crippen molar-refractivity contribution >= 4 is 40.9 Å². The van der Waals surface area contributed by atoms with Gasteiger partial charge in [0.15, 0.2) is 6.61 Å². The van der Waals surface area contributed by atoms with E-state index in [2.05, 4.69) is 16.0 Å². The van der Waals surface area contributed by atoms with E-state index >= 15 is 0 Å². The summed E-state index contributed by atoms with van der Waals surface area (Å²) in [6.45, 7) is 3.27. The van der Waals surface area contributed by atoms with Crippen LogP contribution in [0.1, 0.15) is 28.7 Å². The lowest BCUT2D eigenvalue weighted by Crippen LogP contribution is -2.20. The Morgan fingerprint density at radius 1 is 0.789 bits per heavy atom. The topological polar surface area (TPSA) is 154 Å². The quantitative estimate of drug-likeness (QED) is 0.248. The highest BCUT2D eigenvalue weighted by atomic mass is 16.5. The fourth-order valence-electron chi connectivity index (χ4n) is 3.76. The molecule has 10 heteroatoms. The van der Waals surface area contributed by atoms with E-state index in [1.807, 2.05) is 32.0 Å². The van der Waals surface area contributed by atoms with Crippen LogP contribution in [0.15, 0.2) is 60.7 Å². The Kier molecular flexibility index (Phi) is 9.42. The molecule has 0 atom stereocenters. The lowest BCUT2D eigenvalue weighted by Gasteiger charge is -2.13. The van der Waals surface area contributed by atoms with Crippen LogP contribution in [-0.2, 0) is 27.2 Å². The van der Waals surface area contributed by atoms with Crippen LogP contribution >= 0.6 is 0 Å². The molecule has 0 unspecified atom stereocenters. The molecule has 0 fully saturated rings. The number of urea groups is 1. The lowest BCUT2D eigenvalue weighted by atomic mass is 10.1. The van der Waals surface area contributed by atoms with Crippen LogP contribution in [0, 0.1) is 13.8 Å². The number of para-hydroxylation sites is 1. The van der Waals surface area contributed by atoms with Gasteiger partial charge in [0.2, 0.25) is 5.91 Å². The summed E-state index contributed by atoms with van der Waals surface area (Å²) in [5.74, 6) is -2.22. The molecule has 3 amide bonds. The van der Waals surface area contributed by atoms with Gasteiger partial charge in [-0.25, -0.2) is 9.59 Å². The largest absolute Gasteiger partial charge is 0.482 e.